The number of hydrogen-bond acceptors (Lipinski definition) is 1. The number of rotatable bonds is 1. The maximum absolute atomic E-state index is 13.7. The van der Waals surface area contributed by atoms with Gasteiger partial charge < -0.3 is 5.32 Å². The molecule has 2 atom stereocenters. The molecule has 2 rings (SSSR count). The van der Waals surface area contributed by atoms with Crippen LogP contribution in [0.3, 0.4) is 0 Å². The van der Waals surface area contributed by atoms with Gasteiger partial charge >= 0.3 is 0 Å². The number of aryl methyl sites for hydroxylation is 1. The van der Waals surface area contributed by atoms with E-state index in [0.717, 1.165) is 13.0 Å². The molecule has 1 N–H and O–H groups in total. The van der Waals surface area contributed by atoms with Gasteiger partial charge in [0.25, 0.3) is 0 Å². The van der Waals surface area contributed by atoms with Crippen LogP contribution in [0.5, 0.6) is 0 Å². The smallest absolute Gasteiger partial charge is 0.119 e. The van der Waals surface area contributed by atoms with Gasteiger partial charge in [-0.05, 0) is 31.0 Å². The van der Waals surface area contributed by atoms with Gasteiger partial charge in [-0.15, -0.1) is 0 Å². The van der Waals surface area contributed by atoms with Gasteiger partial charge in [-0.25, -0.2) is 4.39 Å². The van der Waals surface area contributed by atoms with E-state index in [4.69, 9.17) is 0 Å². The molecule has 1 aromatic rings. The zero-order chi connectivity index (χ0) is 9.97. The quantitative estimate of drug-likeness (QED) is 0.722. The third kappa shape index (κ3) is 1.80. The second kappa shape index (κ2) is 4.09. The highest BCUT2D eigenvalue weighted by molar-refractivity contribution is 5.30. The molecule has 1 heterocycles. The molecular formula is C12H16FN. The molecule has 1 fully saturated rings. The Morgan fingerprint density at radius 1 is 1.36 bits per heavy atom. The van der Waals surface area contributed by atoms with Crippen LogP contribution in [0.4, 0.5) is 4.39 Å². The highest BCUT2D eigenvalue weighted by Gasteiger charge is 2.26. The second-order valence-electron chi connectivity index (χ2n) is 3.97. The number of halogens is 1. The van der Waals surface area contributed by atoms with E-state index in [-0.39, 0.29) is 5.92 Å². The van der Waals surface area contributed by atoms with Crippen molar-refractivity contribution in [2.45, 2.75) is 25.4 Å². The third-order valence-corrected chi connectivity index (χ3v) is 3.00. The lowest BCUT2D eigenvalue weighted by molar-refractivity contribution is 0.231. The topological polar surface area (TPSA) is 12.0 Å². The Bertz CT molecular complexity index is 311. The predicted octanol–water partition coefficient (Wildman–Crippen LogP) is 2.41. The normalized spacial score (nSPS) is 27.6. The Balaban J connectivity index is 2.25. The number of hydrogen-bond donors (Lipinski definition) is 1. The fourth-order valence-electron chi connectivity index (χ4n) is 2.17. The molecule has 0 aliphatic carbocycles. The van der Waals surface area contributed by atoms with Crippen LogP contribution in [0.2, 0.25) is 0 Å². The lowest BCUT2D eigenvalue weighted by Crippen LogP contribution is -2.36. The van der Waals surface area contributed by atoms with E-state index in [1.54, 1.807) is 0 Å². The van der Waals surface area contributed by atoms with Gasteiger partial charge in [0.1, 0.15) is 6.17 Å². The highest BCUT2D eigenvalue weighted by atomic mass is 19.1. The fraction of sp³-hybridized carbons (Fsp3) is 0.500. The van der Waals surface area contributed by atoms with Crippen LogP contribution in [-0.4, -0.2) is 19.3 Å². The second-order valence-corrected chi connectivity index (χ2v) is 3.97. The van der Waals surface area contributed by atoms with E-state index in [9.17, 15) is 4.39 Å². The molecule has 0 radical (unpaired) electrons. The lowest BCUT2D eigenvalue weighted by atomic mass is 9.86. The summed E-state index contributed by atoms with van der Waals surface area (Å²) in [6.45, 7) is 3.49. The Hall–Kier alpha value is -0.890. The van der Waals surface area contributed by atoms with Crippen molar-refractivity contribution in [2.75, 3.05) is 13.1 Å². The molecule has 0 bridgehead atoms. The fourth-order valence-corrected chi connectivity index (χ4v) is 2.17. The minimum atomic E-state index is -0.732. The van der Waals surface area contributed by atoms with E-state index in [1.807, 2.05) is 12.1 Å². The van der Waals surface area contributed by atoms with Crippen molar-refractivity contribution >= 4 is 0 Å². The van der Waals surface area contributed by atoms with Crippen LogP contribution < -0.4 is 5.32 Å². The lowest BCUT2D eigenvalue weighted by Gasteiger charge is -2.28. The summed E-state index contributed by atoms with van der Waals surface area (Å²) < 4.78 is 13.7. The van der Waals surface area contributed by atoms with Crippen molar-refractivity contribution in [3.8, 4) is 0 Å². The summed E-state index contributed by atoms with van der Waals surface area (Å²) in [5.41, 5.74) is 2.39. The zero-order valence-electron chi connectivity index (χ0n) is 8.46. The third-order valence-electron chi connectivity index (χ3n) is 3.00. The molecule has 0 amide bonds. The minimum absolute atomic E-state index is 0.0949. The van der Waals surface area contributed by atoms with Gasteiger partial charge in [0.15, 0.2) is 0 Å². The molecule has 1 saturated heterocycles. The van der Waals surface area contributed by atoms with Crippen LogP contribution >= 0.6 is 0 Å². The Kier molecular flexibility index (Phi) is 2.82. The van der Waals surface area contributed by atoms with Gasteiger partial charge in [-0.1, -0.05) is 24.3 Å². The van der Waals surface area contributed by atoms with Crippen molar-refractivity contribution in [2.24, 2.45) is 0 Å². The molecule has 1 nitrogen and oxygen atoms in total. The summed E-state index contributed by atoms with van der Waals surface area (Å²) in [6, 6.07) is 8.12. The predicted molar refractivity (Wildman–Crippen MR) is 56.3 cm³/mol. The largest absolute Gasteiger partial charge is 0.314 e. The maximum Gasteiger partial charge on any atom is 0.119 e. The minimum Gasteiger partial charge on any atom is -0.314 e. The van der Waals surface area contributed by atoms with Crippen LogP contribution in [0.25, 0.3) is 0 Å². The molecule has 76 valence electrons. The van der Waals surface area contributed by atoms with Gasteiger partial charge in [0, 0.05) is 12.5 Å². The highest BCUT2D eigenvalue weighted by Crippen LogP contribution is 2.29. The first-order chi connectivity index (χ1) is 6.79. The molecule has 0 aromatic heterocycles. The average Bonchev–Trinajstić information content (AvgIpc) is 2.20. The molecule has 0 spiro atoms. The number of piperidine rings is 1. The summed E-state index contributed by atoms with van der Waals surface area (Å²) in [5.74, 6) is 0.0949. The summed E-state index contributed by atoms with van der Waals surface area (Å²) in [7, 11) is 0. The van der Waals surface area contributed by atoms with Gasteiger partial charge in [-0.3, -0.25) is 0 Å². The molecule has 2 heteroatoms. The molecule has 1 aliphatic rings. The van der Waals surface area contributed by atoms with Crippen molar-refractivity contribution in [3.63, 3.8) is 0 Å². The molecule has 1 aliphatic heterocycles. The van der Waals surface area contributed by atoms with E-state index >= 15 is 0 Å². The van der Waals surface area contributed by atoms with Gasteiger partial charge in [0.05, 0.1) is 0 Å². The van der Waals surface area contributed by atoms with Crippen LogP contribution in [0, 0.1) is 6.92 Å². The van der Waals surface area contributed by atoms with E-state index < -0.39 is 6.17 Å². The van der Waals surface area contributed by atoms with Gasteiger partial charge in [-0.2, -0.15) is 0 Å². The molecular weight excluding hydrogens is 177 g/mol. The van der Waals surface area contributed by atoms with Crippen LogP contribution in [0.1, 0.15) is 23.5 Å². The number of benzene rings is 1. The first-order valence-corrected chi connectivity index (χ1v) is 5.19. The molecule has 14 heavy (non-hydrogen) atoms. The first kappa shape index (κ1) is 9.66. The molecule has 0 saturated carbocycles. The van der Waals surface area contributed by atoms with E-state index in [2.05, 4.69) is 24.4 Å². The summed E-state index contributed by atoms with van der Waals surface area (Å²) in [5, 5.41) is 3.08. The summed E-state index contributed by atoms with van der Waals surface area (Å²) in [4.78, 5) is 0. The average molecular weight is 193 g/mol. The molecule has 1 aromatic carbocycles. The zero-order valence-corrected chi connectivity index (χ0v) is 8.46. The van der Waals surface area contributed by atoms with E-state index in [0.29, 0.717) is 6.54 Å². The SMILES string of the molecule is Cc1ccccc1[C@H]1CCNC[C@@H]1F. The Morgan fingerprint density at radius 3 is 2.86 bits per heavy atom. The van der Waals surface area contributed by atoms with Crippen LogP contribution in [0.15, 0.2) is 24.3 Å². The van der Waals surface area contributed by atoms with Crippen molar-refractivity contribution < 1.29 is 4.39 Å². The maximum atomic E-state index is 13.7. The summed E-state index contributed by atoms with van der Waals surface area (Å²) in [6.07, 6.45) is 0.177. The van der Waals surface area contributed by atoms with Crippen molar-refractivity contribution in [3.05, 3.63) is 35.4 Å². The molecule has 0 unspecified atom stereocenters. The Morgan fingerprint density at radius 2 is 2.14 bits per heavy atom. The van der Waals surface area contributed by atoms with Gasteiger partial charge in [0.2, 0.25) is 0 Å². The first-order valence-electron chi connectivity index (χ1n) is 5.19. The standard InChI is InChI=1S/C12H16FN/c1-9-4-2-3-5-10(9)11-6-7-14-8-12(11)13/h2-5,11-12,14H,6-8H2,1H3/t11-,12+/m1/s1. The van der Waals surface area contributed by atoms with Crippen molar-refractivity contribution in [1.82, 2.24) is 5.32 Å². The van der Waals surface area contributed by atoms with E-state index in [1.165, 1.54) is 11.1 Å². The monoisotopic (exact) mass is 193 g/mol. The van der Waals surface area contributed by atoms with Crippen molar-refractivity contribution in [1.29, 1.82) is 0 Å². The number of nitrogens with one attached hydrogen (secondary N) is 1. The summed E-state index contributed by atoms with van der Waals surface area (Å²) >= 11 is 0. The number of alkyl halides is 1. The van der Waals surface area contributed by atoms with Crippen LogP contribution in [-0.2, 0) is 0 Å². The Labute approximate surface area is 84.3 Å².